The summed E-state index contributed by atoms with van der Waals surface area (Å²) in [5, 5.41) is 0. The molecule has 11 heavy (non-hydrogen) atoms. The van der Waals surface area contributed by atoms with Crippen molar-refractivity contribution in [3.63, 3.8) is 0 Å². The molecule has 1 rings (SSSR count). The van der Waals surface area contributed by atoms with Crippen LogP contribution >= 0.6 is 0 Å². The van der Waals surface area contributed by atoms with Crippen molar-refractivity contribution in [3.05, 3.63) is 0 Å². The summed E-state index contributed by atoms with van der Waals surface area (Å²) in [4.78, 5) is 2.13. The van der Waals surface area contributed by atoms with Gasteiger partial charge in [0.2, 0.25) is 0 Å². The van der Waals surface area contributed by atoms with Gasteiger partial charge in [0, 0.05) is 19.7 Å². The van der Waals surface area contributed by atoms with Gasteiger partial charge in [0.05, 0.1) is 6.61 Å². The molecule has 0 aromatic carbocycles. The average Bonchev–Trinajstić information content (AvgIpc) is 2.32. The summed E-state index contributed by atoms with van der Waals surface area (Å²) in [7, 11) is 1.67. The highest BCUT2D eigenvalue weighted by Gasteiger charge is 2.30. The number of likely N-dealkylation sites (tertiary alicyclic amines) is 1. The van der Waals surface area contributed by atoms with Crippen molar-refractivity contribution in [1.82, 2.24) is 4.90 Å². The van der Waals surface area contributed by atoms with Crippen molar-refractivity contribution in [2.24, 2.45) is 0 Å². The Kier molecular flexibility index (Phi) is 3.27. The van der Waals surface area contributed by atoms with Crippen LogP contribution in [0.5, 0.6) is 0 Å². The Balaban J connectivity index is 2.37. The summed E-state index contributed by atoms with van der Waals surface area (Å²) in [5.74, 6) is 0. The van der Waals surface area contributed by atoms with E-state index in [4.69, 9.17) is 4.74 Å². The molecular formula is C8H16FNO. The molecule has 1 saturated heterocycles. The Labute approximate surface area is 67.3 Å². The summed E-state index contributed by atoms with van der Waals surface area (Å²) < 4.78 is 17.8. The van der Waals surface area contributed by atoms with Crippen LogP contribution in [0.25, 0.3) is 0 Å². The molecule has 0 aromatic rings. The fourth-order valence-electron chi connectivity index (χ4n) is 1.68. The summed E-state index contributed by atoms with van der Waals surface area (Å²) in [5.41, 5.74) is 0. The van der Waals surface area contributed by atoms with Gasteiger partial charge in [-0.3, -0.25) is 4.90 Å². The lowest BCUT2D eigenvalue weighted by Gasteiger charge is -2.20. The molecule has 0 aliphatic carbocycles. The topological polar surface area (TPSA) is 12.5 Å². The number of likely N-dealkylation sites (N-methyl/N-ethyl adjacent to an activating group) is 1. The molecule has 0 spiro atoms. The van der Waals surface area contributed by atoms with Gasteiger partial charge in [-0.15, -0.1) is 0 Å². The van der Waals surface area contributed by atoms with Gasteiger partial charge in [0.15, 0.2) is 0 Å². The van der Waals surface area contributed by atoms with E-state index in [1.165, 1.54) is 0 Å². The number of alkyl halides is 1. The Morgan fingerprint density at radius 1 is 1.64 bits per heavy atom. The molecule has 1 aliphatic heterocycles. The number of ether oxygens (including phenoxy) is 1. The minimum Gasteiger partial charge on any atom is -0.383 e. The molecule has 0 amide bonds. The van der Waals surface area contributed by atoms with Crippen molar-refractivity contribution in [2.45, 2.75) is 25.6 Å². The first kappa shape index (κ1) is 8.94. The highest BCUT2D eigenvalue weighted by atomic mass is 19.1. The number of hydrogen-bond donors (Lipinski definition) is 0. The van der Waals surface area contributed by atoms with E-state index < -0.39 is 6.17 Å². The van der Waals surface area contributed by atoms with E-state index >= 15 is 0 Å². The van der Waals surface area contributed by atoms with Crippen molar-refractivity contribution in [2.75, 3.05) is 26.8 Å². The lowest BCUT2D eigenvalue weighted by atomic mass is 10.2. The van der Waals surface area contributed by atoms with E-state index in [1.807, 2.05) is 0 Å². The van der Waals surface area contributed by atoms with Gasteiger partial charge >= 0.3 is 0 Å². The van der Waals surface area contributed by atoms with E-state index in [0.29, 0.717) is 25.6 Å². The normalized spacial score (nSPS) is 33.0. The van der Waals surface area contributed by atoms with Crippen LogP contribution in [0, 0.1) is 0 Å². The Morgan fingerprint density at radius 3 is 2.91 bits per heavy atom. The van der Waals surface area contributed by atoms with Crippen LogP contribution in [0.1, 0.15) is 13.3 Å². The maximum Gasteiger partial charge on any atom is 0.114 e. The second kappa shape index (κ2) is 4.02. The molecule has 3 heteroatoms. The first-order valence-electron chi connectivity index (χ1n) is 4.15. The van der Waals surface area contributed by atoms with Crippen LogP contribution in [-0.2, 0) is 4.74 Å². The van der Waals surface area contributed by atoms with Gasteiger partial charge in [-0.05, 0) is 13.0 Å². The molecule has 2 unspecified atom stereocenters. The minimum atomic E-state index is -0.643. The van der Waals surface area contributed by atoms with Gasteiger partial charge < -0.3 is 4.74 Å². The molecule has 66 valence electrons. The van der Waals surface area contributed by atoms with Gasteiger partial charge in [-0.2, -0.15) is 0 Å². The zero-order valence-corrected chi connectivity index (χ0v) is 7.22. The van der Waals surface area contributed by atoms with E-state index in [9.17, 15) is 4.39 Å². The van der Waals surface area contributed by atoms with Crippen LogP contribution in [0.3, 0.4) is 0 Å². The lowest BCUT2D eigenvalue weighted by Crippen LogP contribution is -2.32. The second-order valence-electron chi connectivity index (χ2n) is 3.03. The van der Waals surface area contributed by atoms with Crippen molar-refractivity contribution in [3.8, 4) is 0 Å². The number of halogens is 1. The standard InChI is InChI=1S/C8H16FNO/c1-3-10-5-7(9)4-8(10)6-11-2/h7-8H,3-6H2,1-2H3. The van der Waals surface area contributed by atoms with E-state index in [-0.39, 0.29) is 0 Å². The molecule has 0 bridgehead atoms. The van der Waals surface area contributed by atoms with Gasteiger partial charge in [0.1, 0.15) is 6.17 Å². The highest BCUT2D eigenvalue weighted by Crippen LogP contribution is 2.19. The Bertz CT molecular complexity index is 121. The summed E-state index contributed by atoms with van der Waals surface area (Å²) >= 11 is 0. The summed E-state index contributed by atoms with van der Waals surface area (Å²) in [6.07, 6.45) is -0.00287. The average molecular weight is 161 g/mol. The third-order valence-electron chi connectivity index (χ3n) is 2.24. The maximum atomic E-state index is 12.8. The van der Waals surface area contributed by atoms with E-state index in [1.54, 1.807) is 7.11 Å². The predicted octanol–water partition coefficient (Wildman–Crippen LogP) is 1.07. The molecule has 0 saturated carbocycles. The second-order valence-corrected chi connectivity index (χ2v) is 3.03. The van der Waals surface area contributed by atoms with E-state index in [2.05, 4.69) is 11.8 Å². The molecule has 2 nitrogen and oxygen atoms in total. The fourth-order valence-corrected chi connectivity index (χ4v) is 1.68. The Hall–Kier alpha value is -0.150. The third kappa shape index (κ3) is 2.14. The van der Waals surface area contributed by atoms with Crippen LogP contribution in [0.2, 0.25) is 0 Å². The third-order valence-corrected chi connectivity index (χ3v) is 2.24. The molecule has 0 radical (unpaired) electrons. The van der Waals surface area contributed by atoms with Crippen LogP contribution in [0.4, 0.5) is 4.39 Å². The first-order chi connectivity index (χ1) is 5.27. The number of nitrogens with zero attached hydrogens (tertiary/aromatic N) is 1. The smallest absolute Gasteiger partial charge is 0.114 e. The largest absolute Gasteiger partial charge is 0.383 e. The number of rotatable bonds is 3. The van der Waals surface area contributed by atoms with Gasteiger partial charge in [0.25, 0.3) is 0 Å². The molecule has 0 aromatic heterocycles. The fraction of sp³-hybridized carbons (Fsp3) is 1.00. The lowest BCUT2D eigenvalue weighted by molar-refractivity contribution is 0.119. The van der Waals surface area contributed by atoms with Crippen molar-refractivity contribution >= 4 is 0 Å². The van der Waals surface area contributed by atoms with E-state index in [0.717, 1.165) is 6.54 Å². The summed E-state index contributed by atoms with van der Waals surface area (Å²) in [6.45, 7) is 4.23. The minimum absolute atomic E-state index is 0.306. The molecule has 2 atom stereocenters. The molecule has 1 fully saturated rings. The zero-order chi connectivity index (χ0) is 8.27. The highest BCUT2D eigenvalue weighted by molar-refractivity contribution is 4.84. The number of hydrogen-bond acceptors (Lipinski definition) is 2. The SMILES string of the molecule is CCN1CC(F)CC1COC. The quantitative estimate of drug-likeness (QED) is 0.613. The van der Waals surface area contributed by atoms with Gasteiger partial charge in [-0.1, -0.05) is 6.92 Å². The number of methoxy groups -OCH3 is 1. The molecule has 1 aliphatic rings. The van der Waals surface area contributed by atoms with Crippen molar-refractivity contribution in [1.29, 1.82) is 0 Å². The van der Waals surface area contributed by atoms with Crippen LogP contribution in [-0.4, -0.2) is 43.9 Å². The maximum absolute atomic E-state index is 12.8. The molecular weight excluding hydrogens is 145 g/mol. The predicted molar refractivity (Wildman–Crippen MR) is 42.4 cm³/mol. The van der Waals surface area contributed by atoms with Crippen molar-refractivity contribution < 1.29 is 9.13 Å². The monoisotopic (exact) mass is 161 g/mol. The zero-order valence-electron chi connectivity index (χ0n) is 7.22. The Morgan fingerprint density at radius 2 is 2.36 bits per heavy atom. The molecule has 1 heterocycles. The first-order valence-corrected chi connectivity index (χ1v) is 4.15. The van der Waals surface area contributed by atoms with Crippen LogP contribution in [0.15, 0.2) is 0 Å². The summed E-state index contributed by atoms with van der Waals surface area (Å²) in [6, 6.07) is 0.306. The van der Waals surface area contributed by atoms with Gasteiger partial charge in [-0.25, -0.2) is 4.39 Å². The molecule has 0 N–H and O–H groups in total. The van der Waals surface area contributed by atoms with Crippen LogP contribution < -0.4 is 0 Å².